The van der Waals surface area contributed by atoms with E-state index in [1.165, 1.54) is 12.1 Å². The maximum absolute atomic E-state index is 13.1. The van der Waals surface area contributed by atoms with Gasteiger partial charge in [0.2, 0.25) is 0 Å². The second kappa shape index (κ2) is 4.22. The fourth-order valence-electron chi connectivity index (χ4n) is 1.79. The summed E-state index contributed by atoms with van der Waals surface area (Å²) in [5.74, 6) is 0.729. The van der Waals surface area contributed by atoms with Gasteiger partial charge < -0.3 is 10.3 Å². The first-order valence-electron chi connectivity index (χ1n) is 5.44. The van der Waals surface area contributed by atoms with Crippen molar-refractivity contribution in [2.24, 2.45) is 12.8 Å². The molecule has 0 spiro atoms. The van der Waals surface area contributed by atoms with Crippen molar-refractivity contribution in [3.05, 3.63) is 29.8 Å². The summed E-state index contributed by atoms with van der Waals surface area (Å²) in [4.78, 5) is 4.47. The molecule has 0 amide bonds. The Balaban J connectivity index is 2.36. The predicted molar refractivity (Wildman–Crippen MR) is 62.6 cm³/mol. The Bertz CT molecular complexity index is 502. The van der Waals surface area contributed by atoms with Gasteiger partial charge in [-0.2, -0.15) is 0 Å². The third kappa shape index (κ3) is 2.07. The van der Waals surface area contributed by atoms with Crippen LogP contribution in [0.2, 0.25) is 0 Å². The maximum atomic E-state index is 13.1. The molecular formula is C12H16FN3. The number of nitrogens with two attached hydrogens (primary N) is 1. The zero-order valence-corrected chi connectivity index (χ0v) is 9.57. The smallest absolute Gasteiger partial charge is 0.125 e. The Morgan fingerprint density at radius 2 is 2.25 bits per heavy atom. The van der Waals surface area contributed by atoms with Gasteiger partial charge in [-0.1, -0.05) is 0 Å². The molecule has 1 aromatic carbocycles. The van der Waals surface area contributed by atoms with Crippen molar-refractivity contribution in [3.63, 3.8) is 0 Å². The van der Waals surface area contributed by atoms with Gasteiger partial charge in [-0.3, -0.25) is 0 Å². The van der Waals surface area contributed by atoms with Gasteiger partial charge in [0.05, 0.1) is 11.0 Å². The van der Waals surface area contributed by atoms with Crippen LogP contribution in [0, 0.1) is 5.82 Å². The van der Waals surface area contributed by atoms with Crippen LogP contribution in [-0.2, 0) is 13.5 Å². The van der Waals surface area contributed by atoms with Crippen LogP contribution in [0.1, 0.15) is 19.2 Å². The van der Waals surface area contributed by atoms with E-state index < -0.39 is 0 Å². The molecule has 0 bridgehead atoms. The van der Waals surface area contributed by atoms with E-state index in [0.717, 1.165) is 29.7 Å². The normalized spacial score (nSPS) is 13.2. The molecule has 2 aromatic rings. The first-order valence-corrected chi connectivity index (χ1v) is 5.44. The molecule has 4 heteroatoms. The Morgan fingerprint density at radius 1 is 1.50 bits per heavy atom. The summed E-state index contributed by atoms with van der Waals surface area (Å²) in [5, 5.41) is 0. The Labute approximate surface area is 94.1 Å². The molecule has 1 unspecified atom stereocenters. The van der Waals surface area contributed by atoms with Gasteiger partial charge in [0.15, 0.2) is 0 Å². The van der Waals surface area contributed by atoms with Crippen LogP contribution in [0.15, 0.2) is 18.2 Å². The number of fused-ring (bicyclic) bond motifs is 1. The number of aryl methyl sites for hydroxylation is 2. The van der Waals surface area contributed by atoms with Gasteiger partial charge in [-0.15, -0.1) is 0 Å². The van der Waals surface area contributed by atoms with Gasteiger partial charge >= 0.3 is 0 Å². The first-order chi connectivity index (χ1) is 7.58. The fraction of sp³-hybridized carbons (Fsp3) is 0.417. The molecule has 2 N–H and O–H groups in total. The highest BCUT2D eigenvalue weighted by atomic mass is 19.1. The third-order valence-corrected chi connectivity index (χ3v) is 2.76. The summed E-state index contributed by atoms with van der Waals surface area (Å²) >= 11 is 0. The zero-order chi connectivity index (χ0) is 11.7. The van der Waals surface area contributed by atoms with E-state index >= 15 is 0 Å². The van der Waals surface area contributed by atoms with Gasteiger partial charge in [0.25, 0.3) is 0 Å². The maximum Gasteiger partial charge on any atom is 0.125 e. The highest BCUT2D eigenvalue weighted by Gasteiger charge is 2.08. The number of nitrogens with zero attached hydrogens (tertiary/aromatic N) is 2. The lowest BCUT2D eigenvalue weighted by molar-refractivity contribution is 0.626. The lowest BCUT2D eigenvalue weighted by Crippen LogP contribution is -2.16. The molecule has 2 rings (SSSR count). The summed E-state index contributed by atoms with van der Waals surface area (Å²) in [6.45, 7) is 1.97. The largest absolute Gasteiger partial charge is 0.331 e. The molecule has 0 radical (unpaired) electrons. The summed E-state index contributed by atoms with van der Waals surface area (Å²) in [5.41, 5.74) is 7.38. The summed E-state index contributed by atoms with van der Waals surface area (Å²) in [6.07, 6.45) is 1.71. The molecule has 0 fully saturated rings. The van der Waals surface area contributed by atoms with E-state index in [1.807, 2.05) is 18.5 Å². The highest BCUT2D eigenvalue weighted by molar-refractivity contribution is 5.75. The van der Waals surface area contributed by atoms with Crippen molar-refractivity contribution in [2.45, 2.75) is 25.8 Å². The van der Waals surface area contributed by atoms with E-state index in [-0.39, 0.29) is 11.9 Å². The number of imidazole rings is 1. The molecule has 1 aromatic heterocycles. The zero-order valence-electron chi connectivity index (χ0n) is 9.57. The van der Waals surface area contributed by atoms with Crippen LogP contribution in [-0.4, -0.2) is 15.6 Å². The first kappa shape index (κ1) is 11.1. The van der Waals surface area contributed by atoms with Crippen LogP contribution < -0.4 is 5.73 Å². The average molecular weight is 221 g/mol. The van der Waals surface area contributed by atoms with Crippen molar-refractivity contribution in [3.8, 4) is 0 Å². The Morgan fingerprint density at radius 3 is 2.94 bits per heavy atom. The van der Waals surface area contributed by atoms with Crippen molar-refractivity contribution < 1.29 is 4.39 Å². The van der Waals surface area contributed by atoms with E-state index in [4.69, 9.17) is 5.73 Å². The van der Waals surface area contributed by atoms with Gasteiger partial charge in [-0.25, -0.2) is 9.37 Å². The Kier molecular flexibility index (Phi) is 2.92. The Hall–Kier alpha value is -1.42. The molecule has 1 heterocycles. The average Bonchev–Trinajstić information content (AvgIpc) is 2.53. The minimum absolute atomic E-state index is 0.163. The summed E-state index contributed by atoms with van der Waals surface area (Å²) in [7, 11) is 1.91. The number of benzene rings is 1. The molecule has 0 saturated heterocycles. The quantitative estimate of drug-likeness (QED) is 0.861. The molecule has 0 aliphatic heterocycles. The molecule has 1 atom stereocenters. The molecule has 86 valence electrons. The van der Waals surface area contributed by atoms with E-state index in [9.17, 15) is 4.39 Å². The second-order valence-electron chi connectivity index (χ2n) is 4.24. The standard InChI is InChI=1S/C12H16FN3/c1-8(14)3-6-12-15-10-5-4-9(13)7-11(10)16(12)2/h4-5,7-8H,3,6,14H2,1-2H3. The minimum Gasteiger partial charge on any atom is -0.331 e. The highest BCUT2D eigenvalue weighted by Crippen LogP contribution is 2.17. The third-order valence-electron chi connectivity index (χ3n) is 2.76. The lowest BCUT2D eigenvalue weighted by Gasteiger charge is -2.04. The van der Waals surface area contributed by atoms with Crippen LogP contribution in [0.4, 0.5) is 4.39 Å². The predicted octanol–water partition coefficient (Wildman–Crippen LogP) is 1.99. The molecule has 16 heavy (non-hydrogen) atoms. The van der Waals surface area contributed by atoms with Gasteiger partial charge in [0.1, 0.15) is 11.6 Å². The van der Waals surface area contributed by atoms with Crippen molar-refractivity contribution in [2.75, 3.05) is 0 Å². The van der Waals surface area contributed by atoms with Crippen LogP contribution in [0.5, 0.6) is 0 Å². The molecule has 0 saturated carbocycles. The van der Waals surface area contributed by atoms with E-state index in [2.05, 4.69) is 4.98 Å². The van der Waals surface area contributed by atoms with Crippen molar-refractivity contribution >= 4 is 11.0 Å². The van der Waals surface area contributed by atoms with Crippen molar-refractivity contribution in [1.29, 1.82) is 0 Å². The number of halogens is 1. The summed E-state index contributed by atoms with van der Waals surface area (Å²) < 4.78 is 15.0. The monoisotopic (exact) mass is 221 g/mol. The second-order valence-corrected chi connectivity index (χ2v) is 4.24. The number of aromatic nitrogens is 2. The van der Waals surface area contributed by atoms with Crippen LogP contribution >= 0.6 is 0 Å². The van der Waals surface area contributed by atoms with E-state index in [0.29, 0.717) is 0 Å². The fourth-order valence-corrected chi connectivity index (χ4v) is 1.79. The number of hydrogen-bond acceptors (Lipinski definition) is 2. The number of rotatable bonds is 3. The topological polar surface area (TPSA) is 43.8 Å². The van der Waals surface area contributed by atoms with E-state index in [1.54, 1.807) is 6.07 Å². The lowest BCUT2D eigenvalue weighted by atomic mass is 10.2. The number of hydrogen-bond donors (Lipinski definition) is 1. The molecular weight excluding hydrogens is 205 g/mol. The SMILES string of the molecule is CC(N)CCc1nc2ccc(F)cc2n1C. The summed E-state index contributed by atoms with van der Waals surface area (Å²) in [6, 6.07) is 4.82. The molecule has 3 nitrogen and oxygen atoms in total. The van der Waals surface area contributed by atoms with Gasteiger partial charge in [0, 0.05) is 19.5 Å². The van der Waals surface area contributed by atoms with Crippen LogP contribution in [0.25, 0.3) is 11.0 Å². The van der Waals surface area contributed by atoms with Crippen LogP contribution in [0.3, 0.4) is 0 Å². The molecule has 0 aliphatic carbocycles. The van der Waals surface area contributed by atoms with Crippen molar-refractivity contribution in [1.82, 2.24) is 9.55 Å². The van der Waals surface area contributed by atoms with Gasteiger partial charge in [-0.05, 0) is 31.5 Å². The minimum atomic E-state index is -0.228. The molecule has 0 aliphatic rings.